The molecule has 0 atom stereocenters. The van der Waals surface area contributed by atoms with Gasteiger partial charge < -0.3 is 5.73 Å². The number of pyridine rings is 1. The highest BCUT2D eigenvalue weighted by Gasteiger charge is 2.00. The highest BCUT2D eigenvalue weighted by molar-refractivity contribution is 5.40. The normalized spacial score (nSPS) is 10.2. The van der Waals surface area contributed by atoms with Gasteiger partial charge in [0, 0.05) is 6.20 Å². The molecule has 0 saturated carbocycles. The van der Waals surface area contributed by atoms with Crippen LogP contribution in [0.2, 0.25) is 0 Å². The molecule has 4 nitrogen and oxygen atoms in total. The molecule has 0 amide bonds. The van der Waals surface area contributed by atoms with Gasteiger partial charge in [0.25, 0.3) is 0 Å². The Kier molecular flexibility index (Phi) is 1.73. The Balaban J connectivity index is 2.52. The van der Waals surface area contributed by atoms with Crippen molar-refractivity contribution in [2.45, 2.75) is 6.92 Å². The molecule has 0 unspecified atom stereocenters. The number of hydrogen-bond donors (Lipinski definition) is 1. The maximum Gasteiger partial charge on any atom is 0.0858 e. The van der Waals surface area contributed by atoms with Gasteiger partial charge in [-0.15, -0.1) is 0 Å². The molecule has 0 fully saturated rings. The average molecular weight is 174 g/mol. The van der Waals surface area contributed by atoms with E-state index in [0.29, 0.717) is 5.69 Å². The van der Waals surface area contributed by atoms with E-state index in [4.69, 9.17) is 5.73 Å². The first kappa shape index (κ1) is 7.79. The van der Waals surface area contributed by atoms with E-state index < -0.39 is 0 Å². The summed E-state index contributed by atoms with van der Waals surface area (Å²) in [5.41, 5.74) is 8.30. The van der Waals surface area contributed by atoms with Gasteiger partial charge in [0.1, 0.15) is 0 Å². The fourth-order valence-electron chi connectivity index (χ4n) is 1.16. The lowest BCUT2D eigenvalue weighted by Gasteiger charge is -2.02. The van der Waals surface area contributed by atoms with Gasteiger partial charge in [0.05, 0.1) is 30.0 Å². The predicted molar refractivity (Wildman–Crippen MR) is 50.5 cm³/mol. The zero-order valence-corrected chi connectivity index (χ0v) is 7.31. The molecule has 13 heavy (non-hydrogen) atoms. The lowest BCUT2D eigenvalue weighted by Crippen LogP contribution is -1.97. The third-order valence-electron chi connectivity index (χ3n) is 1.86. The topological polar surface area (TPSA) is 56.7 Å². The van der Waals surface area contributed by atoms with Gasteiger partial charge in [-0.2, -0.15) is 5.10 Å². The molecule has 0 aliphatic rings. The summed E-state index contributed by atoms with van der Waals surface area (Å²) >= 11 is 0. The van der Waals surface area contributed by atoms with Gasteiger partial charge in [0.15, 0.2) is 0 Å². The maximum absolute atomic E-state index is 5.56. The number of nitrogens with zero attached hydrogens (tertiary/aromatic N) is 3. The van der Waals surface area contributed by atoms with Crippen LogP contribution < -0.4 is 5.73 Å². The third-order valence-corrected chi connectivity index (χ3v) is 1.86. The van der Waals surface area contributed by atoms with Crippen molar-refractivity contribution in [2.24, 2.45) is 0 Å². The molecule has 2 heterocycles. The van der Waals surface area contributed by atoms with Crippen molar-refractivity contribution >= 4 is 5.69 Å². The van der Waals surface area contributed by atoms with Crippen molar-refractivity contribution in [1.29, 1.82) is 0 Å². The summed E-state index contributed by atoms with van der Waals surface area (Å²) in [5.74, 6) is 0. The first-order valence-electron chi connectivity index (χ1n) is 3.98. The molecule has 0 aliphatic carbocycles. The average Bonchev–Trinajstić information content (AvgIpc) is 2.53. The third kappa shape index (κ3) is 1.38. The Morgan fingerprint density at radius 2 is 2.23 bits per heavy atom. The van der Waals surface area contributed by atoms with Crippen LogP contribution in [0.15, 0.2) is 30.9 Å². The Hall–Kier alpha value is -1.84. The molecule has 0 radical (unpaired) electrons. The number of anilines is 1. The van der Waals surface area contributed by atoms with Crippen LogP contribution in [-0.2, 0) is 0 Å². The van der Waals surface area contributed by atoms with E-state index in [1.165, 1.54) is 0 Å². The Morgan fingerprint density at radius 1 is 1.38 bits per heavy atom. The molecule has 66 valence electrons. The highest BCUT2D eigenvalue weighted by atomic mass is 15.3. The minimum atomic E-state index is 0.656. The molecular weight excluding hydrogens is 164 g/mol. The molecule has 2 rings (SSSR count). The molecular formula is C9H10N4. The fourth-order valence-corrected chi connectivity index (χ4v) is 1.16. The first-order valence-corrected chi connectivity index (χ1v) is 3.98. The van der Waals surface area contributed by atoms with Crippen molar-refractivity contribution in [2.75, 3.05) is 5.73 Å². The summed E-state index contributed by atoms with van der Waals surface area (Å²) in [6.07, 6.45) is 6.91. The van der Waals surface area contributed by atoms with Crippen LogP contribution in [0.5, 0.6) is 0 Å². The van der Waals surface area contributed by atoms with E-state index in [-0.39, 0.29) is 0 Å². The molecule has 0 aromatic carbocycles. The summed E-state index contributed by atoms with van der Waals surface area (Å²) in [7, 11) is 0. The van der Waals surface area contributed by atoms with E-state index in [1.807, 2.05) is 13.0 Å². The second kappa shape index (κ2) is 2.90. The van der Waals surface area contributed by atoms with Crippen LogP contribution in [0.1, 0.15) is 5.56 Å². The smallest absolute Gasteiger partial charge is 0.0858 e. The summed E-state index contributed by atoms with van der Waals surface area (Å²) in [6, 6.07) is 1.94. The monoisotopic (exact) mass is 174 g/mol. The summed E-state index contributed by atoms with van der Waals surface area (Å²) in [6.45, 7) is 2.01. The predicted octanol–water partition coefficient (Wildman–Crippen LogP) is 1.16. The van der Waals surface area contributed by atoms with Crippen molar-refractivity contribution in [3.8, 4) is 5.69 Å². The number of aromatic nitrogens is 3. The molecule has 4 heteroatoms. The largest absolute Gasteiger partial charge is 0.396 e. The number of nitrogen functional groups attached to an aromatic ring is 1. The Labute approximate surface area is 76.0 Å². The van der Waals surface area contributed by atoms with Gasteiger partial charge in [0.2, 0.25) is 0 Å². The zero-order valence-electron chi connectivity index (χ0n) is 7.31. The van der Waals surface area contributed by atoms with Gasteiger partial charge in [-0.3, -0.25) is 4.98 Å². The fraction of sp³-hybridized carbons (Fsp3) is 0.111. The maximum atomic E-state index is 5.56. The number of hydrogen-bond acceptors (Lipinski definition) is 3. The number of aryl methyl sites for hydroxylation is 1. The van der Waals surface area contributed by atoms with Crippen LogP contribution in [0, 0.1) is 6.92 Å². The number of rotatable bonds is 1. The van der Waals surface area contributed by atoms with Crippen molar-refractivity contribution < 1.29 is 0 Å². The van der Waals surface area contributed by atoms with Crippen LogP contribution in [0.4, 0.5) is 5.69 Å². The lowest BCUT2D eigenvalue weighted by molar-refractivity contribution is 0.865. The standard InChI is InChI=1S/C9H10N4/c1-7-2-3-11-5-9(7)13-6-8(10)4-12-13/h2-6H,10H2,1H3. The lowest BCUT2D eigenvalue weighted by atomic mass is 10.2. The van der Waals surface area contributed by atoms with Crippen LogP contribution >= 0.6 is 0 Å². The van der Waals surface area contributed by atoms with Gasteiger partial charge in [-0.25, -0.2) is 4.68 Å². The molecule has 2 aromatic rings. The number of nitrogens with two attached hydrogens (primary N) is 1. The summed E-state index contributed by atoms with van der Waals surface area (Å²) in [4.78, 5) is 4.03. The van der Waals surface area contributed by atoms with Gasteiger partial charge in [-0.1, -0.05) is 0 Å². The molecule has 0 aliphatic heterocycles. The summed E-state index contributed by atoms with van der Waals surface area (Å²) < 4.78 is 1.72. The zero-order chi connectivity index (χ0) is 9.26. The van der Waals surface area contributed by atoms with Crippen LogP contribution in [0.3, 0.4) is 0 Å². The quantitative estimate of drug-likeness (QED) is 0.705. The SMILES string of the molecule is Cc1ccncc1-n1cc(N)cn1. The van der Waals surface area contributed by atoms with E-state index in [2.05, 4.69) is 10.1 Å². The van der Waals surface area contributed by atoms with Crippen molar-refractivity contribution in [3.05, 3.63) is 36.4 Å². The van der Waals surface area contributed by atoms with E-state index in [9.17, 15) is 0 Å². The van der Waals surface area contributed by atoms with E-state index in [1.54, 1.807) is 29.5 Å². The van der Waals surface area contributed by atoms with Gasteiger partial charge >= 0.3 is 0 Å². The van der Waals surface area contributed by atoms with E-state index >= 15 is 0 Å². The van der Waals surface area contributed by atoms with Crippen molar-refractivity contribution in [3.63, 3.8) is 0 Å². The Morgan fingerprint density at radius 3 is 2.85 bits per heavy atom. The molecule has 0 bridgehead atoms. The van der Waals surface area contributed by atoms with Crippen LogP contribution in [-0.4, -0.2) is 14.8 Å². The minimum absolute atomic E-state index is 0.656. The highest BCUT2D eigenvalue weighted by Crippen LogP contribution is 2.11. The molecule has 2 N–H and O–H groups in total. The molecule has 0 spiro atoms. The molecule has 0 saturated heterocycles. The Bertz CT molecular complexity index is 419. The van der Waals surface area contributed by atoms with Gasteiger partial charge in [-0.05, 0) is 18.6 Å². The van der Waals surface area contributed by atoms with E-state index in [0.717, 1.165) is 11.3 Å². The second-order valence-electron chi connectivity index (χ2n) is 2.88. The van der Waals surface area contributed by atoms with Crippen LogP contribution in [0.25, 0.3) is 5.69 Å². The second-order valence-corrected chi connectivity index (χ2v) is 2.88. The summed E-state index contributed by atoms with van der Waals surface area (Å²) in [5, 5.41) is 4.10. The molecule has 2 aromatic heterocycles. The minimum Gasteiger partial charge on any atom is -0.396 e. The van der Waals surface area contributed by atoms with Crippen molar-refractivity contribution in [1.82, 2.24) is 14.8 Å². The first-order chi connectivity index (χ1) is 6.27.